The highest BCUT2D eigenvalue weighted by atomic mass is 32.1. The van der Waals surface area contributed by atoms with Gasteiger partial charge in [-0.3, -0.25) is 4.79 Å². The van der Waals surface area contributed by atoms with Crippen molar-refractivity contribution >= 4 is 18.4 Å². The van der Waals surface area contributed by atoms with Crippen molar-refractivity contribution in [3.05, 3.63) is 35.9 Å². The third-order valence-corrected chi connectivity index (χ3v) is 2.65. The Labute approximate surface area is 117 Å². The third-order valence-electron chi connectivity index (χ3n) is 2.20. The van der Waals surface area contributed by atoms with Crippen LogP contribution in [0.25, 0.3) is 0 Å². The standard InChI is InChI=1S/C10H14O.C3H6OS.C2H6/c1-10(2,11-3)9-7-5-4-6-8-9;1-3(4)2-5;1-2/h4-8H,1-3H3;5H,2H2,1H3;1-2H3. The molecule has 0 bridgehead atoms. The van der Waals surface area contributed by atoms with E-state index in [1.165, 1.54) is 12.5 Å². The molecule has 0 amide bonds. The molecule has 1 aromatic rings. The van der Waals surface area contributed by atoms with Crippen molar-refractivity contribution < 1.29 is 9.53 Å². The molecule has 0 heterocycles. The first kappa shape index (κ1) is 19.5. The van der Waals surface area contributed by atoms with Crippen LogP contribution < -0.4 is 0 Å². The van der Waals surface area contributed by atoms with Crippen LogP contribution >= 0.6 is 12.6 Å². The fraction of sp³-hybridized carbons (Fsp3) is 0.533. The number of benzene rings is 1. The van der Waals surface area contributed by atoms with Crippen molar-refractivity contribution in [3.63, 3.8) is 0 Å². The molecule has 0 N–H and O–H groups in total. The Kier molecular flexibility index (Phi) is 12.3. The Balaban J connectivity index is 0. The average Bonchev–Trinajstić information content (AvgIpc) is 2.42. The molecule has 0 fully saturated rings. The summed E-state index contributed by atoms with van der Waals surface area (Å²) in [6, 6.07) is 10.2. The van der Waals surface area contributed by atoms with Crippen LogP contribution in [0.5, 0.6) is 0 Å². The number of carbonyl (C=O) groups is 1. The van der Waals surface area contributed by atoms with Gasteiger partial charge in [-0.15, -0.1) is 0 Å². The molecule has 0 saturated carbocycles. The van der Waals surface area contributed by atoms with E-state index in [1.807, 2.05) is 32.0 Å². The molecular formula is C15H26O2S. The molecular weight excluding hydrogens is 244 g/mol. The van der Waals surface area contributed by atoms with E-state index >= 15 is 0 Å². The summed E-state index contributed by atoms with van der Waals surface area (Å²) in [4.78, 5) is 9.74. The highest BCUT2D eigenvalue weighted by molar-refractivity contribution is 7.81. The van der Waals surface area contributed by atoms with Crippen LogP contribution in [0.2, 0.25) is 0 Å². The van der Waals surface area contributed by atoms with E-state index in [0.29, 0.717) is 5.75 Å². The van der Waals surface area contributed by atoms with E-state index in [4.69, 9.17) is 4.74 Å². The second kappa shape index (κ2) is 11.3. The minimum atomic E-state index is -0.165. The Morgan fingerprint density at radius 1 is 1.22 bits per heavy atom. The quantitative estimate of drug-likeness (QED) is 0.837. The smallest absolute Gasteiger partial charge is 0.139 e. The van der Waals surface area contributed by atoms with Crippen molar-refractivity contribution in [2.24, 2.45) is 0 Å². The van der Waals surface area contributed by atoms with Gasteiger partial charge < -0.3 is 4.74 Å². The van der Waals surface area contributed by atoms with Crippen LogP contribution in [0.1, 0.15) is 40.2 Å². The van der Waals surface area contributed by atoms with E-state index in [9.17, 15) is 4.79 Å². The molecule has 104 valence electrons. The minimum Gasteiger partial charge on any atom is -0.374 e. The molecule has 2 nitrogen and oxygen atoms in total. The monoisotopic (exact) mass is 270 g/mol. The molecule has 0 aliphatic heterocycles. The first-order valence-electron chi connectivity index (χ1n) is 6.15. The van der Waals surface area contributed by atoms with Gasteiger partial charge in [-0.2, -0.15) is 12.6 Å². The number of hydrogen-bond donors (Lipinski definition) is 1. The minimum absolute atomic E-state index is 0.119. The topological polar surface area (TPSA) is 26.3 Å². The van der Waals surface area contributed by atoms with Crippen molar-refractivity contribution in [1.82, 2.24) is 0 Å². The van der Waals surface area contributed by atoms with E-state index in [-0.39, 0.29) is 11.4 Å². The lowest BCUT2D eigenvalue weighted by Gasteiger charge is -2.22. The second-order valence-electron chi connectivity index (χ2n) is 3.94. The first-order valence-corrected chi connectivity index (χ1v) is 6.78. The normalized spacial score (nSPS) is 9.50. The van der Waals surface area contributed by atoms with Gasteiger partial charge in [0.2, 0.25) is 0 Å². The van der Waals surface area contributed by atoms with Gasteiger partial charge in [0, 0.05) is 12.9 Å². The fourth-order valence-electron chi connectivity index (χ4n) is 0.957. The van der Waals surface area contributed by atoms with Gasteiger partial charge in [-0.25, -0.2) is 0 Å². The summed E-state index contributed by atoms with van der Waals surface area (Å²) in [5.74, 6) is 0.480. The number of ketones is 1. The molecule has 0 aromatic heterocycles. The largest absolute Gasteiger partial charge is 0.374 e. The lowest BCUT2D eigenvalue weighted by molar-refractivity contribution is -0.114. The SMILES string of the molecule is CC.CC(=O)CS.COC(C)(C)c1ccccc1. The van der Waals surface area contributed by atoms with Gasteiger partial charge in [0.05, 0.1) is 5.60 Å². The van der Waals surface area contributed by atoms with Gasteiger partial charge >= 0.3 is 0 Å². The summed E-state index contributed by atoms with van der Waals surface area (Å²) in [6.45, 7) is 9.62. The molecule has 0 aliphatic rings. The number of ether oxygens (including phenoxy) is 1. The van der Waals surface area contributed by atoms with Crippen LogP contribution in [-0.4, -0.2) is 18.6 Å². The Morgan fingerprint density at radius 2 is 1.61 bits per heavy atom. The maximum absolute atomic E-state index is 9.74. The van der Waals surface area contributed by atoms with Crippen molar-refractivity contribution in [2.75, 3.05) is 12.9 Å². The molecule has 1 rings (SSSR count). The number of methoxy groups -OCH3 is 1. The van der Waals surface area contributed by atoms with Gasteiger partial charge in [0.15, 0.2) is 0 Å². The number of thiol groups is 1. The highest BCUT2D eigenvalue weighted by Gasteiger charge is 2.17. The lowest BCUT2D eigenvalue weighted by atomic mass is 9.98. The molecule has 0 spiro atoms. The highest BCUT2D eigenvalue weighted by Crippen LogP contribution is 2.22. The summed E-state index contributed by atoms with van der Waals surface area (Å²) in [7, 11) is 1.73. The summed E-state index contributed by atoms with van der Waals surface area (Å²) < 4.78 is 5.32. The van der Waals surface area contributed by atoms with Gasteiger partial charge in [-0.05, 0) is 26.3 Å². The van der Waals surface area contributed by atoms with Crippen LogP contribution in [0.3, 0.4) is 0 Å². The number of carbonyl (C=O) groups excluding carboxylic acids is 1. The molecule has 0 saturated heterocycles. The van der Waals surface area contributed by atoms with Gasteiger partial charge in [0.25, 0.3) is 0 Å². The van der Waals surface area contributed by atoms with E-state index in [2.05, 4.69) is 38.6 Å². The van der Waals surface area contributed by atoms with Gasteiger partial charge in [-0.1, -0.05) is 44.2 Å². The van der Waals surface area contributed by atoms with Gasteiger partial charge in [0.1, 0.15) is 5.78 Å². The van der Waals surface area contributed by atoms with E-state index < -0.39 is 0 Å². The molecule has 1 aromatic carbocycles. The van der Waals surface area contributed by atoms with Crippen molar-refractivity contribution in [1.29, 1.82) is 0 Å². The Bertz CT molecular complexity index is 308. The van der Waals surface area contributed by atoms with Crippen LogP contribution in [0.15, 0.2) is 30.3 Å². The lowest BCUT2D eigenvalue weighted by Crippen LogP contribution is -2.18. The van der Waals surface area contributed by atoms with E-state index in [1.54, 1.807) is 7.11 Å². The average molecular weight is 270 g/mol. The van der Waals surface area contributed by atoms with Crippen molar-refractivity contribution in [2.45, 2.75) is 40.2 Å². The number of hydrogen-bond acceptors (Lipinski definition) is 3. The summed E-state index contributed by atoms with van der Waals surface area (Å²) >= 11 is 3.67. The predicted octanol–water partition coefficient (Wildman–Crippen LogP) is 4.10. The molecule has 0 aliphatic carbocycles. The Hall–Kier alpha value is -0.800. The van der Waals surface area contributed by atoms with E-state index in [0.717, 1.165) is 0 Å². The molecule has 0 atom stereocenters. The summed E-state index contributed by atoms with van der Waals surface area (Å²) in [5.41, 5.74) is 1.05. The third kappa shape index (κ3) is 9.25. The molecule has 18 heavy (non-hydrogen) atoms. The summed E-state index contributed by atoms with van der Waals surface area (Å²) in [5, 5.41) is 0. The zero-order valence-corrected chi connectivity index (χ0v) is 13.3. The predicted molar refractivity (Wildman–Crippen MR) is 82.4 cm³/mol. The van der Waals surface area contributed by atoms with Crippen LogP contribution in [-0.2, 0) is 15.1 Å². The summed E-state index contributed by atoms with van der Waals surface area (Å²) in [6.07, 6.45) is 0. The van der Waals surface area contributed by atoms with Crippen LogP contribution in [0.4, 0.5) is 0 Å². The number of rotatable bonds is 3. The van der Waals surface area contributed by atoms with Crippen molar-refractivity contribution in [3.8, 4) is 0 Å². The molecule has 0 unspecified atom stereocenters. The molecule has 0 radical (unpaired) electrons. The first-order chi connectivity index (χ1) is 8.44. The maximum Gasteiger partial charge on any atom is 0.139 e. The zero-order valence-electron chi connectivity index (χ0n) is 12.4. The maximum atomic E-state index is 9.74. The number of Topliss-reactive ketones (excluding diaryl/α,β-unsaturated/α-hetero) is 1. The molecule has 3 heteroatoms. The zero-order chi connectivity index (χ0) is 14.6. The fourth-order valence-corrected chi connectivity index (χ4v) is 0.957. The Morgan fingerprint density at radius 3 is 1.89 bits per heavy atom. The second-order valence-corrected chi connectivity index (χ2v) is 4.26. The van der Waals surface area contributed by atoms with Crippen LogP contribution in [0, 0.1) is 0 Å².